The van der Waals surface area contributed by atoms with Gasteiger partial charge in [0.1, 0.15) is 22.5 Å². The van der Waals surface area contributed by atoms with Crippen LogP contribution < -0.4 is 19.1 Å². The van der Waals surface area contributed by atoms with Crippen LogP contribution in [-0.4, -0.2) is 57.0 Å². The highest BCUT2D eigenvalue weighted by Crippen LogP contribution is 2.31. The average Bonchev–Trinajstić information content (AvgIpc) is 2.90. The summed E-state index contributed by atoms with van der Waals surface area (Å²) in [5.41, 5.74) is 1.20. The number of anilines is 1. The van der Waals surface area contributed by atoms with Crippen LogP contribution in [0.5, 0.6) is 5.75 Å². The summed E-state index contributed by atoms with van der Waals surface area (Å²) in [6.45, 7) is 5.07. The molecule has 1 heterocycles. The van der Waals surface area contributed by atoms with E-state index in [4.69, 9.17) is 9.47 Å². The van der Waals surface area contributed by atoms with E-state index in [1.165, 1.54) is 25.2 Å². The summed E-state index contributed by atoms with van der Waals surface area (Å²) in [7, 11) is -2.93. The lowest BCUT2D eigenvalue weighted by Gasteiger charge is -2.21. The molecule has 3 rings (SSSR count). The first-order valence-electron chi connectivity index (χ1n) is 12.3. The molecule has 2 aromatic carbocycles. The highest BCUT2D eigenvalue weighted by Gasteiger charge is 2.28. The summed E-state index contributed by atoms with van der Waals surface area (Å²) in [5.74, 6) is -0.812. The maximum Gasteiger partial charge on any atom is 0.331 e. The first-order chi connectivity index (χ1) is 18.8. The third-order valence-corrected chi connectivity index (χ3v) is 7.45. The van der Waals surface area contributed by atoms with Gasteiger partial charge in [-0.2, -0.15) is 0 Å². The van der Waals surface area contributed by atoms with Crippen molar-refractivity contribution in [3.05, 3.63) is 60.3 Å². The Balaban J connectivity index is 1.88. The molecular weight excluding hydrogens is 556 g/mol. The fourth-order valence-electron chi connectivity index (χ4n) is 3.79. The number of fused-ring (bicyclic) bond motifs is 1. The molecule has 0 saturated carbocycles. The van der Waals surface area contributed by atoms with Crippen LogP contribution in [-0.2, 0) is 30.8 Å². The Morgan fingerprint density at radius 3 is 2.58 bits per heavy atom. The highest BCUT2D eigenvalue weighted by molar-refractivity contribution is 7.89. The third-order valence-electron chi connectivity index (χ3n) is 5.51. The zero-order valence-corrected chi connectivity index (χ0v) is 24.3. The lowest BCUT2D eigenvalue weighted by atomic mass is 10.1. The number of pyridine rings is 1. The van der Waals surface area contributed by atoms with Crippen LogP contribution in [0.3, 0.4) is 0 Å². The number of amides is 2. The Morgan fingerprint density at radius 2 is 1.90 bits per heavy atom. The van der Waals surface area contributed by atoms with Gasteiger partial charge in [-0.15, -0.1) is 0 Å². The molecule has 0 fully saturated rings. The van der Waals surface area contributed by atoms with Gasteiger partial charge in [0.25, 0.3) is 0 Å². The van der Waals surface area contributed by atoms with E-state index in [1.54, 1.807) is 27.0 Å². The predicted molar refractivity (Wildman–Crippen MR) is 154 cm³/mol. The maximum atomic E-state index is 13.3. The van der Waals surface area contributed by atoms with Crippen LogP contribution in [0.25, 0.3) is 10.9 Å². The molecule has 1 unspecified atom stereocenters. The van der Waals surface area contributed by atoms with E-state index in [2.05, 4.69) is 27.8 Å². The summed E-state index contributed by atoms with van der Waals surface area (Å²) in [6.07, 6.45) is 1.95. The molecule has 2 N–H and O–H groups in total. The summed E-state index contributed by atoms with van der Waals surface area (Å²) in [5, 5.41) is 3.37. The summed E-state index contributed by atoms with van der Waals surface area (Å²) in [4.78, 5) is 40.0. The molecule has 0 spiro atoms. The minimum absolute atomic E-state index is 0.0757. The molecule has 1 aromatic heterocycles. The van der Waals surface area contributed by atoms with Gasteiger partial charge in [0.2, 0.25) is 10.0 Å². The number of carbonyl (C=O) groups excluding carboxylic acids is 3. The van der Waals surface area contributed by atoms with Crippen molar-refractivity contribution in [2.24, 2.45) is 0 Å². The zero-order chi connectivity index (χ0) is 29.5. The Kier molecular flexibility index (Phi) is 10.1. The van der Waals surface area contributed by atoms with Gasteiger partial charge in [-0.25, -0.2) is 22.2 Å². The van der Waals surface area contributed by atoms with Crippen molar-refractivity contribution >= 4 is 57.7 Å². The molecule has 13 heteroatoms. The van der Waals surface area contributed by atoms with E-state index < -0.39 is 40.1 Å². The number of carbonyl (C=O) groups is 3. The molecule has 0 radical (unpaired) electrons. The number of benzene rings is 2. The van der Waals surface area contributed by atoms with Crippen molar-refractivity contribution in [3.63, 3.8) is 0 Å². The molecule has 0 aliphatic carbocycles. The second-order valence-electron chi connectivity index (χ2n) is 9.74. The van der Waals surface area contributed by atoms with Crippen molar-refractivity contribution < 1.29 is 32.3 Å². The summed E-state index contributed by atoms with van der Waals surface area (Å²) in [6, 6.07) is 11.5. The van der Waals surface area contributed by atoms with Crippen LogP contribution in [0.1, 0.15) is 32.8 Å². The van der Waals surface area contributed by atoms with Gasteiger partial charge in [-0.05, 0) is 50.6 Å². The van der Waals surface area contributed by atoms with E-state index in [9.17, 15) is 22.8 Å². The predicted octanol–water partition coefficient (Wildman–Crippen LogP) is 3.42. The first-order valence-corrected chi connectivity index (χ1v) is 14.2. The molecule has 2 amide bonds. The number of sulfonamides is 1. The highest BCUT2D eigenvalue weighted by atomic mass is 32.2. The average molecular weight is 589 g/mol. The zero-order valence-electron chi connectivity index (χ0n) is 22.6. The largest absolute Gasteiger partial charge is 0.492 e. The van der Waals surface area contributed by atoms with Gasteiger partial charge >= 0.3 is 12.0 Å². The number of thiol groups is 1. The van der Waals surface area contributed by atoms with Crippen molar-refractivity contribution in [3.8, 4) is 5.75 Å². The summed E-state index contributed by atoms with van der Waals surface area (Å²) >= 11 is 4.18. The van der Waals surface area contributed by atoms with Gasteiger partial charge in [0, 0.05) is 31.1 Å². The molecule has 0 saturated heterocycles. The number of ether oxygens (including phenoxy) is 2. The van der Waals surface area contributed by atoms with Gasteiger partial charge in [0.05, 0.1) is 30.3 Å². The monoisotopic (exact) mass is 588 g/mol. The Hall–Kier alpha value is -3.68. The van der Waals surface area contributed by atoms with Crippen LogP contribution in [0.15, 0.2) is 59.6 Å². The number of esters is 1. The van der Waals surface area contributed by atoms with E-state index >= 15 is 0 Å². The van der Waals surface area contributed by atoms with Crippen molar-refractivity contribution in [2.75, 3.05) is 18.0 Å². The number of nitrogens with one attached hydrogen (secondary N) is 2. The number of hydrogen-bond acceptors (Lipinski definition) is 9. The fraction of sp³-hybridized carbons (Fsp3) is 0.333. The topological polar surface area (TPSA) is 144 Å². The fourth-order valence-corrected chi connectivity index (χ4v) is 5.30. The summed E-state index contributed by atoms with van der Waals surface area (Å²) < 4.78 is 41.0. The maximum absolute atomic E-state index is 13.3. The second-order valence-corrected chi connectivity index (χ2v) is 11.8. The van der Waals surface area contributed by atoms with Gasteiger partial charge in [0.15, 0.2) is 0 Å². The Bertz CT molecular complexity index is 1480. The quantitative estimate of drug-likeness (QED) is 0.176. The molecule has 0 aliphatic rings. The first kappa shape index (κ1) is 30.9. The van der Waals surface area contributed by atoms with Crippen LogP contribution >= 0.6 is 12.8 Å². The Morgan fingerprint density at radius 1 is 1.15 bits per heavy atom. The van der Waals surface area contributed by atoms with E-state index in [0.717, 1.165) is 20.8 Å². The van der Waals surface area contributed by atoms with Gasteiger partial charge < -0.3 is 19.6 Å². The Labute approximate surface area is 238 Å². The molecule has 0 aliphatic heterocycles. The molecule has 3 aromatic rings. The van der Waals surface area contributed by atoms with E-state index in [1.807, 2.05) is 30.3 Å². The smallest absolute Gasteiger partial charge is 0.331 e. The van der Waals surface area contributed by atoms with E-state index in [0.29, 0.717) is 12.7 Å². The standard InChI is InChI=1S/C27H32N4O7S2/c1-27(2,3)38-25(33)15-19(17-32)30-40(35,36)24-11-10-20(31(39)26(34)28-4)16-23(24)37-14-12-18-7-5-9-22-21(18)8-6-13-29-22/h5-11,13,16-17,19,30,39H,12,14-15H2,1-4H3,(H,28,34). The normalized spacial score (nSPS) is 12.4. The SMILES string of the molecule is CNC(=O)N(S)c1ccc(S(=O)(=O)NC(C=O)CC(=O)OC(C)(C)C)c(OCCc2cccc3ncccc23)c1. The number of aromatic nitrogens is 1. The van der Waals surface area contributed by atoms with Crippen LogP contribution in [0.2, 0.25) is 0 Å². The number of aldehydes is 1. The number of urea groups is 1. The lowest BCUT2D eigenvalue weighted by molar-refractivity contribution is -0.155. The van der Waals surface area contributed by atoms with Gasteiger partial charge in [-0.1, -0.05) is 31.0 Å². The molecule has 214 valence electrons. The van der Waals surface area contributed by atoms with Crippen LogP contribution in [0.4, 0.5) is 10.5 Å². The van der Waals surface area contributed by atoms with Crippen LogP contribution in [0, 0.1) is 0 Å². The van der Waals surface area contributed by atoms with Gasteiger partial charge in [-0.3, -0.25) is 9.78 Å². The third kappa shape index (κ3) is 8.16. The molecule has 0 bridgehead atoms. The van der Waals surface area contributed by atoms with Crippen molar-refractivity contribution in [1.82, 2.24) is 15.0 Å². The number of rotatable bonds is 11. The van der Waals surface area contributed by atoms with Crippen molar-refractivity contribution in [2.45, 2.75) is 50.2 Å². The lowest BCUT2D eigenvalue weighted by Crippen LogP contribution is -2.39. The molecule has 40 heavy (non-hydrogen) atoms. The molecule has 11 nitrogen and oxygen atoms in total. The van der Waals surface area contributed by atoms with E-state index in [-0.39, 0.29) is 22.9 Å². The number of hydrogen-bond donors (Lipinski definition) is 3. The second kappa shape index (κ2) is 13.1. The minimum Gasteiger partial charge on any atom is -0.492 e. The minimum atomic E-state index is -4.36. The number of nitrogens with zero attached hydrogens (tertiary/aromatic N) is 2. The molecule has 1 atom stereocenters. The van der Waals surface area contributed by atoms with Crippen molar-refractivity contribution in [1.29, 1.82) is 0 Å². The molecular formula is C27H32N4O7S2.